The summed E-state index contributed by atoms with van der Waals surface area (Å²) in [5, 5.41) is 0.398. The number of sulfonamides is 1. The van der Waals surface area contributed by atoms with Crippen LogP contribution in [0.4, 0.5) is 11.4 Å². The molecule has 8 heteroatoms. The van der Waals surface area contributed by atoms with Crippen molar-refractivity contribution in [2.45, 2.75) is 11.3 Å². The fraction of sp³-hybridized carbons (Fsp3) is 0.0952. The van der Waals surface area contributed by atoms with Gasteiger partial charge in [0.1, 0.15) is 0 Å². The third-order valence-corrected chi connectivity index (χ3v) is 6.90. The van der Waals surface area contributed by atoms with Gasteiger partial charge >= 0.3 is 0 Å². The zero-order chi connectivity index (χ0) is 20.6. The number of nitrogens with zero attached hydrogens (tertiary/aromatic N) is 1. The lowest BCUT2D eigenvalue weighted by molar-refractivity contribution is 0.0989. The highest BCUT2D eigenvalue weighted by molar-refractivity contribution is 7.92. The molecule has 5 nitrogen and oxygen atoms in total. The summed E-state index contributed by atoms with van der Waals surface area (Å²) in [6.45, 7) is 0.500. The van der Waals surface area contributed by atoms with Gasteiger partial charge in [0.25, 0.3) is 15.9 Å². The van der Waals surface area contributed by atoms with E-state index in [0.29, 0.717) is 18.5 Å². The summed E-state index contributed by atoms with van der Waals surface area (Å²) in [6, 6.07) is 18.5. The Morgan fingerprint density at radius 3 is 2.48 bits per heavy atom. The van der Waals surface area contributed by atoms with Crippen molar-refractivity contribution in [3.63, 3.8) is 0 Å². The average Bonchev–Trinajstić information content (AvgIpc) is 3.15. The van der Waals surface area contributed by atoms with E-state index in [1.165, 1.54) is 6.07 Å². The van der Waals surface area contributed by atoms with Crippen LogP contribution in [-0.4, -0.2) is 20.9 Å². The molecule has 1 aliphatic heterocycles. The molecule has 0 fully saturated rings. The highest BCUT2D eigenvalue weighted by Gasteiger charge is 2.27. The van der Waals surface area contributed by atoms with Crippen molar-refractivity contribution < 1.29 is 13.2 Å². The summed E-state index contributed by atoms with van der Waals surface area (Å²) >= 11 is 12.0. The minimum Gasteiger partial charge on any atom is -0.308 e. The Balaban J connectivity index is 1.62. The van der Waals surface area contributed by atoms with Crippen LogP contribution in [0, 0.1) is 0 Å². The molecular weight excluding hydrogens is 431 g/mol. The molecule has 0 aromatic heterocycles. The van der Waals surface area contributed by atoms with Crippen molar-refractivity contribution in [3.8, 4) is 0 Å². The first kappa shape index (κ1) is 19.8. The van der Waals surface area contributed by atoms with Gasteiger partial charge in [0.2, 0.25) is 0 Å². The summed E-state index contributed by atoms with van der Waals surface area (Å²) in [7, 11) is -3.86. The van der Waals surface area contributed by atoms with Crippen LogP contribution in [0.3, 0.4) is 0 Å². The fourth-order valence-electron chi connectivity index (χ4n) is 3.28. The Morgan fingerprint density at radius 1 is 0.966 bits per heavy atom. The molecule has 3 aromatic carbocycles. The van der Waals surface area contributed by atoms with E-state index in [2.05, 4.69) is 4.72 Å². The Morgan fingerprint density at radius 2 is 1.72 bits per heavy atom. The molecule has 0 atom stereocenters. The van der Waals surface area contributed by atoms with E-state index in [1.807, 2.05) is 18.2 Å². The van der Waals surface area contributed by atoms with E-state index in [0.717, 1.165) is 11.3 Å². The van der Waals surface area contributed by atoms with Crippen molar-refractivity contribution in [2.75, 3.05) is 16.2 Å². The Labute approximate surface area is 178 Å². The monoisotopic (exact) mass is 446 g/mol. The number of hydrogen-bond acceptors (Lipinski definition) is 3. The summed E-state index contributed by atoms with van der Waals surface area (Å²) in [5.41, 5.74) is 2.32. The van der Waals surface area contributed by atoms with Gasteiger partial charge in [-0.05, 0) is 54.4 Å². The second-order valence-electron chi connectivity index (χ2n) is 6.57. The second-order valence-corrected chi connectivity index (χ2v) is 9.04. The zero-order valence-electron chi connectivity index (χ0n) is 15.1. The van der Waals surface area contributed by atoms with Crippen LogP contribution in [0.5, 0.6) is 0 Å². The van der Waals surface area contributed by atoms with Crippen molar-refractivity contribution >= 4 is 50.5 Å². The summed E-state index contributed by atoms with van der Waals surface area (Å²) in [5.74, 6) is -0.108. The van der Waals surface area contributed by atoms with Crippen molar-refractivity contribution in [2.24, 2.45) is 0 Å². The number of rotatable bonds is 4. The van der Waals surface area contributed by atoms with Crippen LogP contribution in [0.2, 0.25) is 10.0 Å². The topological polar surface area (TPSA) is 66.5 Å². The molecule has 1 heterocycles. The summed E-state index contributed by atoms with van der Waals surface area (Å²) in [6.07, 6.45) is 0.579. The highest BCUT2D eigenvalue weighted by Crippen LogP contribution is 2.34. The fourth-order valence-corrected chi connectivity index (χ4v) is 4.80. The quantitative estimate of drug-likeness (QED) is 0.613. The Kier molecular flexibility index (Phi) is 5.25. The molecule has 0 spiro atoms. The number of benzene rings is 3. The number of halogens is 2. The van der Waals surface area contributed by atoms with Crippen LogP contribution >= 0.6 is 23.2 Å². The van der Waals surface area contributed by atoms with Crippen LogP contribution in [0.25, 0.3) is 0 Å². The molecular formula is C21H16Cl2N2O3S. The van der Waals surface area contributed by atoms with E-state index in [1.54, 1.807) is 47.4 Å². The lowest BCUT2D eigenvalue weighted by atomic mass is 10.1. The largest absolute Gasteiger partial charge is 0.308 e. The molecule has 0 radical (unpaired) electrons. The lowest BCUT2D eigenvalue weighted by Crippen LogP contribution is -2.28. The number of fused-ring (bicyclic) bond motifs is 1. The first-order chi connectivity index (χ1) is 13.9. The van der Waals surface area contributed by atoms with Gasteiger partial charge in [-0.15, -0.1) is 0 Å². The first-order valence-electron chi connectivity index (χ1n) is 8.83. The van der Waals surface area contributed by atoms with Gasteiger partial charge in [-0.3, -0.25) is 9.52 Å². The number of carbonyl (C=O) groups is 1. The maximum absolute atomic E-state index is 12.8. The van der Waals surface area contributed by atoms with Crippen LogP contribution in [0.1, 0.15) is 15.9 Å². The minimum atomic E-state index is -3.86. The van der Waals surface area contributed by atoms with Gasteiger partial charge in [-0.25, -0.2) is 8.42 Å². The molecule has 0 saturated carbocycles. The number of anilines is 2. The van der Waals surface area contributed by atoms with E-state index in [-0.39, 0.29) is 26.5 Å². The van der Waals surface area contributed by atoms with Crippen molar-refractivity contribution in [3.05, 3.63) is 87.9 Å². The average molecular weight is 447 g/mol. The van der Waals surface area contributed by atoms with Gasteiger partial charge in [0.05, 0.1) is 20.6 Å². The second kappa shape index (κ2) is 7.71. The third kappa shape index (κ3) is 3.83. The summed E-state index contributed by atoms with van der Waals surface area (Å²) in [4.78, 5) is 14.5. The molecule has 4 rings (SSSR count). The molecule has 1 aliphatic rings. The Bertz CT molecular complexity index is 1200. The molecule has 0 bridgehead atoms. The Hall–Kier alpha value is -2.54. The van der Waals surface area contributed by atoms with Gasteiger partial charge in [-0.1, -0.05) is 47.5 Å². The maximum atomic E-state index is 12.8. The molecule has 0 aliphatic carbocycles. The first-order valence-corrected chi connectivity index (χ1v) is 11.1. The number of carbonyl (C=O) groups excluding carboxylic acids is 1. The summed E-state index contributed by atoms with van der Waals surface area (Å²) < 4.78 is 28.1. The smallest absolute Gasteiger partial charge is 0.261 e. The van der Waals surface area contributed by atoms with E-state index in [9.17, 15) is 13.2 Å². The normalized spacial score (nSPS) is 13.2. The highest BCUT2D eigenvalue weighted by atomic mass is 35.5. The molecule has 29 heavy (non-hydrogen) atoms. The SMILES string of the molecule is O=C(c1ccccc1)N1CCc2cc(S(=O)(=O)Nc3cccc(Cl)c3Cl)ccc21. The van der Waals surface area contributed by atoms with Crippen LogP contribution < -0.4 is 9.62 Å². The van der Waals surface area contributed by atoms with Gasteiger partial charge in [0.15, 0.2) is 0 Å². The molecule has 1 N–H and O–H groups in total. The molecule has 3 aromatic rings. The standard InChI is InChI=1S/C21H16Cl2N2O3S/c22-17-7-4-8-18(20(17)23)24-29(27,28)16-9-10-19-15(13-16)11-12-25(19)21(26)14-5-2-1-3-6-14/h1-10,13,24H,11-12H2. The van der Waals surface area contributed by atoms with Gasteiger partial charge in [0, 0.05) is 17.8 Å². The lowest BCUT2D eigenvalue weighted by Gasteiger charge is -2.18. The van der Waals surface area contributed by atoms with E-state index >= 15 is 0 Å². The number of amides is 1. The molecule has 0 unspecified atom stereocenters. The van der Waals surface area contributed by atoms with E-state index in [4.69, 9.17) is 23.2 Å². The van der Waals surface area contributed by atoms with Crippen LogP contribution in [-0.2, 0) is 16.4 Å². The predicted molar refractivity (Wildman–Crippen MR) is 116 cm³/mol. The predicted octanol–water partition coefficient (Wildman–Crippen LogP) is 5.00. The molecule has 1 amide bonds. The number of nitrogens with one attached hydrogen (secondary N) is 1. The van der Waals surface area contributed by atoms with Crippen molar-refractivity contribution in [1.82, 2.24) is 0 Å². The van der Waals surface area contributed by atoms with E-state index < -0.39 is 10.0 Å². The molecule has 0 saturated heterocycles. The van der Waals surface area contributed by atoms with Crippen LogP contribution in [0.15, 0.2) is 71.6 Å². The third-order valence-electron chi connectivity index (χ3n) is 4.72. The van der Waals surface area contributed by atoms with Crippen molar-refractivity contribution in [1.29, 1.82) is 0 Å². The zero-order valence-corrected chi connectivity index (χ0v) is 17.4. The number of hydrogen-bond donors (Lipinski definition) is 1. The molecule has 148 valence electrons. The van der Waals surface area contributed by atoms with Gasteiger partial charge in [-0.2, -0.15) is 0 Å². The maximum Gasteiger partial charge on any atom is 0.261 e. The minimum absolute atomic E-state index is 0.0984. The van der Waals surface area contributed by atoms with Gasteiger partial charge < -0.3 is 4.90 Å².